The molecule has 0 spiro atoms. The van der Waals surface area contributed by atoms with Gasteiger partial charge in [-0.05, 0) is 30.7 Å². The fourth-order valence-corrected chi connectivity index (χ4v) is 4.18. The zero-order chi connectivity index (χ0) is 20.2. The van der Waals surface area contributed by atoms with E-state index in [-0.39, 0.29) is 6.10 Å². The first-order valence-corrected chi connectivity index (χ1v) is 10.1. The number of hydrogen-bond acceptors (Lipinski definition) is 5. The predicted molar refractivity (Wildman–Crippen MR) is 113 cm³/mol. The summed E-state index contributed by atoms with van der Waals surface area (Å²) in [5.41, 5.74) is 5.92. The molecule has 7 nitrogen and oxygen atoms in total. The summed E-state index contributed by atoms with van der Waals surface area (Å²) in [7, 11) is 0. The third kappa shape index (κ3) is 2.66. The summed E-state index contributed by atoms with van der Waals surface area (Å²) < 4.78 is 10.3. The summed E-state index contributed by atoms with van der Waals surface area (Å²) >= 11 is 6.26. The van der Waals surface area contributed by atoms with Gasteiger partial charge in [-0.3, -0.25) is 4.57 Å². The maximum Gasteiger partial charge on any atom is 0.238 e. The van der Waals surface area contributed by atoms with Crippen LogP contribution in [0.15, 0.2) is 60.1 Å². The zero-order valence-corrected chi connectivity index (χ0v) is 16.9. The van der Waals surface area contributed by atoms with E-state index in [1.54, 1.807) is 6.33 Å². The summed E-state index contributed by atoms with van der Waals surface area (Å²) in [6, 6.07) is 14.1. The standard InChI is InChI=1S/C22H17ClN6O/c1-13-2-4-14(5-3-13)19-9-24-22(30-19)20-18-10-28-12-26-27-21(28)16-8-15(23)6-7-17(16)29(18)11-25-20/h2-8,11-12,19H,9-10H2,1H3/t19-/m1/s1. The molecular formula is C22H17ClN6O. The average molecular weight is 417 g/mol. The van der Waals surface area contributed by atoms with Crippen molar-refractivity contribution in [3.63, 3.8) is 0 Å². The van der Waals surface area contributed by atoms with Crippen LogP contribution in [0.4, 0.5) is 0 Å². The van der Waals surface area contributed by atoms with Crippen molar-refractivity contribution < 1.29 is 4.74 Å². The Morgan fingerprint density at radius 2 is 1.97 bits per heavy atom. The lowest BCUT2D eigenvalue weighted by molar-refractivity contribution is 0.229. The van der Waals surface area contributed by atoms with Crippen LogP contribution in [0.1, 0.15) is 28.6 Å². The molecule has 0 radical (unpaired) electrons. The smallest absolute Gasteiger partial charge is 0.238 e. The molecule has 4 heterocycles. The first kappa shape index (κ1) is 17.4. The Hall–Kier alpha value is -3.45. The van der Waals surface area contributed by atoms with Crippen molar-refractivity contribution >= 4 is 17.5 Å². The van der Waals surface area contributed by atoms with Gasteiger partial charge in [0.15, 0.2) is 5.82 Å². The van der Waals surface area contributed by atoms with Crippen LogP contribution in [0.2, 0.25) is 5.02 Å². The fraction of sp³-hybridized carbons (Fsp3) is 0.182. The fourth-order valence-electron chi connectivity index (χ4n) is 4.01. The highest BCUT2D eigenvalue weighted by molar-refractivity contribution is 6.31. The molecule has 30 heavy (non-hydrogen) atoms. The van der Waals surface area contributed by atoms with Crippen molar-refractivity contribution in [1.29, 1.82) is 0 Å². The molecule has 6 rings (SSSR count). The number of hydrogen-bond donors (Lipinski definition) is 0. The first-order valence-electron chi connectivity index (χ1n) is 9.70. The Bertz CT molecular complexity index is 1300. The maximum absolute atomic E-state index is 6.26. The molecule has 0 amide bonds. The lowest BCUT2D eigenvalue weighted by Crippen LogP contribution is -2.12. The number of fused-ring (bicyclic) bond motifs is 5. The second kappa shape index (κ2) is 6.53. The Balaban J connectivity index is 1.41. The van der Waals surface area contributed by atoms with Crippen molar-refractivity contribution in [3.05, 3.63) is 82.7 Å². The van der Waals surface area contributed by atoms with Gasteiger partial charge in [0.1, 0.15) is 24.5 Å². The molecule has 148 valence electrons. The van der Waals surface area contributed by atoms with Crippen molar-refractivity contribution in [3.8, 4) is 17.1 Å². The highest BCUT2D eigenvalue weighted by Crippen LogP contribution is 2.34. The number of aliphatic imine (C=N–C) groups is 1. The highest BCUT2D eigenvalue weighted by atomic mass is 35.5. The number of nitrogens with zero attached hydrogens (tertiary/aromatic N) is 6. The largest absolute Gasteiger partial charge is 0.466 e. The topological polar surface area (TPSA) is 70.1 Å². The average Bonchev–Trinajstić information content (AvgIpc) is 3.48. The van der Waals surface area contributed by atoms with Gasteiger partial charge in [0, 0.05) is 10.6 Å². The lowest BCUT2D eigenvalue weighted by Gasteiger charge is -2.12. The van der Waals surface area contributed by atoms with Crippen LogP contribution in [0.5, 0.6) is 0 Å². The minimum atomic E-state index is -0.0970. The monoisotopic (exact) mass is 416 g/mol. The molecule has 0 bridgehead atoms. The van der Waals surface area contributed by atoms with E-state index >= 15 is 0 Å². The van der Waals surface area contributed by atoms with Crippen molar-refractivity contribution in [1.82, 2.24) is 24.3 Å². The Morgan fingerprint density at radius 1 is 1.10 bits per heavy atom. The molecule has 0 aliphatic carbocycles. The van der Waals surface area contributed by atoms with Crippen LogP contribution in [0, 0.1) is 6.92 Å². The molecule has 0 saturated carbocycles. The first-order chi connectivity index (χ1) is 14.7. The number of aromatic nitrogens is 5. The van der Waals surface area contributed by atoms with Gasteiger partial charge >= 0.3 is 0 Å². The van der Waals surface area contributed by atoms with Crippen molar-refractivity contribution in [2.24, 2.45) is 4.99 Å². The summed E-state index contributed by atoms with van der Waals surface area (Å²) in [6.07, 6.45) is 3.43. The van der Waals surface area contributed by atoms with Gasteiger partial charge in [-0.1, -0.05) is 41.4 Å². The van der Waals surface area contributed by atoms with Gasteiger partial charge in [0.25, 0.3) is 0 Å². The summed E-state index contributed by atoms with van der Waals surface area (Å²) in [4.78, 5) is 9.33. The molecule has 0 unspecified atom stereocenters. The van der Waals surface area contributed by atoms with E-state index in [1.807, 2.05) is 29.1 Å². The van der Waals surface area contributed by atoms with E-state index in [2.05, 4.69) is 55.9 Å². The van der Waals surface area contributed by atoms with E-state index in [9.17, 15) is 0 Å². The van der Waals surface area contributed by atoms with Gasteiger partial charge in [0.2, 0.25) is 5.90 Å². The molecule has 1 atom stereocenters. The number of halogens is 1. The number of aryl methyl sites for hydroxylation is 1. The summed E-state index contributed by atoms with van der Waals surface area (Å²) in [6.45, 7) is 3.21. The molecule has 0 fully saturated rings. The summed E-state index contributed by atoms with van der Waals surface area (Å²) in [5, 5.41) is 9.05. The third-order valence-electron chi connectivity index (χ3n) is 5.57. The molecule has 2 aliphatic rings. The van der Waals surface area contributed by atoms with Crippen molar-refractivity contribution in [2.45, 2.75) is 19.6 Å². The summed E-state index contributed by atoms with van der Waals surface area (Å²) in [5.74, 6) is 1.34. The third-order valence-corrected chi connectivity index (χ3v) is 5.80. The van der Waals surface area contributed by atoms with Gasteiger partial charge in [-0.2, -0.15) is 0 Å². The van der Waals surface area contributed by atoms with Crippen LogP contribution >= 0.6 is 11.6 Å². The van der Waals surface area contributed by atoms with E-state index < -0.39 is 0 Å². The van der Waals surface area contributed by atoms with E-state index in [0.29, 0.717) is 24.0 Å². The van der Waals surface area contributed by atoms with Gasteiger partial charge in [0.05, 0.1) is 24.5 Å². The molecule has 0 N–H and O–H groups in total. The van der Waals surface area contributed by atoms with Crippen LogP contribution in [0.3, 0.4) is 0 Å². The molecule has 2 aliphatic heterocycles. The van der Waals surface area contributed by atoms with E-state index in [4.69, 9.17) is 16.3 Å². The Morgan fingerprint density at radius 3 is 2.83 bits per heavy atom. The van der Waals surface area contributed by atoms with E-state index in [0.717, 1.165) is 34.0 Å². The zero-order valence-electron chi connectivity index (χ0n) is 16.2. The Labute approximate surface area is 177 Å². The normalized spacial score (nSPS) is 16.9. The molecule has 2 aromatic heterocycles. The van der Waals surface area contributed by atoms with Crippen LogP contribution in [0.25, 0.3) is 17.1 Å². The van der Waals surface area contributed by atoms with Crippen molar-refractivity contribution in [2.75, 3.05) is 6.54 Å². The second-order valence-electron chi connectivity index (χ2n) is 7.52. The quantitative estimate of drug-likeness (QED) is 0.436. The highest BCUT2D eigenvalue weighted by Gasteiger charge is 2.30. The molecular weight excluding hydrogens is 400 g/mol. The number of imidazole rings is 1. The number of rotatable bonds is 2. The van der Waals surface area contributed by atoms with Gasteiger partial charge in [-0.25, -0.2) is 9.98 Å². The van der Waals surface area contributed by atoms with Gasteiger partial charge in [-0.15, -0.1) is 10.2 Å². The second-order valence-corrected chi connectivity index (χ2v) is 7.95. The molecule has 8 heteroatoms. The number of benzene rings is 2. The van der Waals surface area contributed by atoms with Crippen LogP contribution in [-0.2, 0) is 11.3 Å². The predicted octanol–water partition coefficient (Wildman–Crippen LogP) is 3.97. The molecule has 4 aromatic rings. The SMILES string of the molecule is Cc1ccc([C@H]2CN=C(c3ncn4c3Cn3cnnc3-c3cc(Cl)ccc3-4)O2)cc1. The Kier molecular flexibility index (Phi) is 3.79. The van der Waals surface area contributed by atoms with Crippen LogP contribution in [-0.4, -0.2) is 36.8 Å². The number of ether oxygens (including phenoxy) is 1. The molecule has 2 aromatic carbocycles. The lowest BCUT2D eigenvalue weighted by atomic mass is 10.1. The van der Waals surface area contributed by atoms with E-state index in [1.165, 1.54) is 5.56 Å². The van der Waals surface area contributed by atoms with Gasteiger partial charge < -0.3 is 9.30 Å². The maximum atomic E-state index is 6.26. The van der Waals surface area contributed by atoms with Crippen LogP contribution < -0.4 is 0 Å². The molecule has 0 saturated heterocycles. The minimum Gasteiger partial charge on any atom is -0.466 e. The minimum absolute atomic E-state index is 0.0970.